The Morgan fingerprint density at radius 3 is 2.91 bits per heavy atom. The van der Waals surface area contributed by atoms with Crippen LogP contribution in [0, 0.1) is 0 Å². The Bertz CT molecular complexity index is 711. The number of nitrogens with zero attached hydrogens (tertiary/aromatic N) is 3. The molecular weight excluding hydrogens is 292 g/mol. The van der Waals surface area contributed by atoms with Crippen molar-refractivity contribution in [1.82, 2.24) is 14.9 Å². The number of carbonyl (C=O) groups is 1. The molecule has 23 heavy (non-hydrogen) atoms. The Balaban J connectivity index is 1.61. The van der Waals surface area contributed by atoms with E-state index in [0.29, 0.717) is 19.0 Å². The maximum Gasteiger partial charge on any atom is 0.410 e. The summed E-state index contributed by atoms with van der Waals surface area (Å²) in [6.45, 7) is 6.91. The second-order valence-electron chi connectivity index (χ2n) is 6.81. The summed E-state index contributed by atoms with van der Waals surface area (Å²) < 4.78 is 5.41. The van der Waals surface area contributed by atoms with E-state index in [0.717, 1.165) is 17.3 Å². The largest absolute Gasteiger partial charge is 0.444 e. The maximum atomic E-state index is 12.1. The SMILES string of the molecule is CC(C)(C)OC(=O)N1CC[C@@H](Nc2ncc3ccccc3n2)C1. The van der Waals surface area contributed by atoms with Gasteiger partial charge < -0.3 is 15.0 Å². The highest BCUT2D eigenvalue weighted by atomic mass is 16.6. The first-order valence-electron chi connectivity index (χ1n) is 7.87. The molecule has 0 aliphatic carbocycles. The van der Waals surface area contributed by atoms with Crippen molar-refractivity contribution in [2.45, 2.75) is 38.8 Å². The fourth-order valence-corrected chi connectivity index (χ4v) is 2.59. The number of aromatic nitrogens is 2. The van der Waals surface area contributed by atoms with Crippen molar-refractivity contribution < 1.29 is 9.53 Å². The summed E-state index contributed by atoms with van der Waals surface area (Å²) in [5.74, 6) is 0.597. The van der Waals surface area contributed by atoms with Gasteiger partial charge in [0.25, 0.3) is 0 Å². The van der Waals surface area contributed by atoms with Gasteiger partial charge in [-0.1, -0.05) is 18.2 Å². The van der Waals surface area contributed by atoms with E-state index in [1.807, 2.05) is 51.2 Å². The van der Waals surface area contributed by atoms with Gasteiger partial charge in [0.15, 0.2) is 0 Å². The Morgan fingerprint density at radius 1 is 1.35 bits per heavy atom. The minimum absolute atomic E-state index is 0.142. The summed E-state index contributed by atoms with van der Waals surface area (Å²) in [6.07, 6.45) is 2.40. The normalized spacial score (nSPS) is 18.2. The summed E-state index contributed by atoms with van der Waals surface area (Å²) in [6, 6.07) is 8.01. The van der Waals surface area contributed by atoms with Crippen molar-refractivity contribution in [3.63, 3.8) is 0 Å². The Hall–Kier alpha value is -2.37. The van der Waals surface area contributed by atoms with E-state index in [9.17, 15) is 4.79 Å². The van der Waals surface area contributed by atoms with Crippen molar-refractivity contribution in [3.05, 3.63) is 30.5 Å². The molecule has 6 nitrogen and oxygen atoms in total. The van der Waals surface area contributed by atoms with Crippen molar-refractivity contribution in [3.8, 4) is 0 Å². The molecule has 1 saturated heterocycles. The van der Waals surface area contributed by atoms with Crippen LogP contribution >= 0.6 is 0 Å². The van der Waals surface area contributed by atoms with Crippen LogP contribution in [0.2, 0.25) is 0 Å². The van der Waals surface area contributed by atoms with Crippen LogP contribution in [-0.4, -0.2) is 45.7 Å². The zero-order chi connectivity index (χ0) is 16.4. The minimum atomic E-state index is -0.468. The molecule has 2 heterocycles. The first-order chi connectivity index (χ1) is 10.9. The molecular formula is C17H22N4O2. The number of anilines is 1. The standard InChI is InChI=1S/C17H22N4O2/c1-17(2,3)23-16(22)21-9-8-13(11-21)19-15-18-10-12-6-4-5-7-14(12)20-15/h4-7,10,13H,8-9,11H2,1-3H3,(H,18,19,20)/t13-/m1/s1. The molecule has 2 aromatic rings. The molecule has 1 atom stereocenters. The van der Waals surface area contributed by atoms with E-state index in [1.165, 1.54) is 0 Å². The van der Waals surface area contributed by atoms with Crippen molar-refractivity contribution >= 4 is 22.9 Å². The number of likely N-dealkylation sites (tertiary alicyclic amines) is 1. The van der Waals surface area contributed by atoms with E-state index < -0.39 is 5.60 Å². The Morgan fingerprint density at radius 2 is 2.13 bits per heavy atom. The molecule has 1 fully saturated rings. The summed E-state index contributed by atoms with van der Waals surface area (Å²) in [7, 11) is 0. The first kappa shape index (κ1) is 15.5. The third-order valence-corrected chi connectivity index (χ3v) is 3.66. The third kappa shape index (κ3) is 3.88. The number of hydrogen-bond donors (Lipinski definition) is 1. The Labute approximate surface area is 135 Å². The molecule has 1 aliphatic rings. The number of rotatable bonds is 2. The molecule has 3 rings (SSSR count). The average Bonchev–Trinajstić information content (AvgIpc) is 2.94. The number of benzene rings is 1. The number of para-hydroxylation sites is 1. The number of fused-ring (bicyclic) bond motifs is 1. The predicted octanol–water partition coefficient (Wildman–Crippen LogP) is 3.05. The van der Waals surface area contributed by atoms with Crippen LogP contribution in [0.3, 0.4) is 0 Å². The fourth-order valence-electron chi connectivity index (χ4n) is 2.59. The lowest BCUT2D eigenvalue weighted by atomic mass is 10.2. The molecule has 0 spiro atoms. The van der Waals surface area contributed by atoms with Gasteiger partial charge in [0.2, 0.25) is 5.95 Å². The van der Waals surface area contributed by atoms with Gasteiger partial charge in [-0.05, 0) is 33.3 Å². The van der Waals surface area contributed by atoms with Crippen molar-refractivity contribution in [2.75, 3.05) is 18.4 Å². The lowest BCUT2D eigenvalue weighted by Gasteiger charge is -2.24. The molecule has 0 unspecified atom stereocenters. The highest BCUT2D eigenvalue weighted by Crippen LogP contribution is 2.18. The molecule has 0 saturated carbocycles. The second kappa shape index (κ2) is 6.02. The van der Waals surface area contributed by atoms with Crippen LogP contribution < -0.4 is 5.32 Å². The fraction of sp³-hybridized carbons (Fsp3) is 0.471. The lowest BCUT2D eigenvalue weighted by Crippen LogP contribution is -2.36. The van der Waals surface area contributed by atoms with Crippen LogP contribution in [0.1, 0.15) is 27.2 Å². The zero-order valence-electron chi connectivity index (χ0n) is 13.7. The van der Waals surface area contributed by atoms with E-state index >= 15 is 0 Å². The molecule has 0 radical (unpaired) electrons. The van der Waals surface area contributed by atoms with Gasteiger partial charge >= 0.3 is 6.09 Å². The van der Waals surface area contributed by atoms with Gasteiger partial charge in [0, 0.05) is 30.7 Å². The molecule has 1 aliphatic heterocycles. The van der Waals surface area contributed by atoms with Gasteiger partial charge in [0.1, 0.15) is 5.60 Å². The molecule has 1 aromatic heterocycles. The monoisotopic (exact) mass is 314 g/mol. The van der Waals surface area contributed by atoms with Crippen LogP contribution in [0.25, 0.3) is 10.9 Å². The maximum absolute atomic E-state index is 12.1. The van der Waals surface area contributed by atoms with Gasteiger partial charge in [0.05, 0.1) is 5.52 Å². The zero-order valence-corrected chi connectivity index (χ0v) is 13.7. The number of amides is 1. The molecule has 1 aromatic carbocycles. The molecule has 6 heteroatoms. The molecule has 0 bridgehead atoms. The number of carbonyl (C=O) groups excluding carboxylic acids is 1. The Kier molecular flexibility index (Phi) is 4.07. The predicted molar refractivity (Wildman–Crippen MR) is 89.4 cm³/mol. The molecule has 1 N–H and O–H groups in total. The minimum Gasteiger partial charge on any atom is -0.444 e. The summed E-state index contributed by atoms with van der Waals surface area (Å²) in [4.78, 5) is 22.7. The first-order valence-corrected chi connectivity index (χ1v) is 7.87. The number of nitrogens with one attached hydrogen (secondary N) is 1. The van der Waals surface area contributed by atoms with Gasteiger partial charge in [-0.3, -0.25) is 0 Å². The second-order valence-corrected chi connectivity index (χ2v) is 6.81. The van der Waals surface area contributed by atoms with Gasteiger partial charge in [-0.25, -0.2) is 14.8 Å². The highest BCUT2D eigenvalue weighted by Gasteiger charge is 2.30. The van der Waals surface area contributed by atoms with E-state index in [-0.39, 0.29) is 12.1 Å². The smallest absolute Gasteiger partial charge is 0.410 e. The summed E-state index contributed by atoms with van der Waals surface area (Å²) in [5, 5.41) is 4.32. The topological polar surface area (TPSA) is 67.3 Å². The molecule has 1 amide bonds. The highest BCUT2D eigenvalue weighted by molar-refractivity contribution is 5.78. The van der Waals surface area contributed by atoms with Crippen LogP contribution in [0.15, 0.2) is 30.5 Å². The lowest BCUT2D eigenvalue weighted by molar-refractivity contribution is 0.0293. The van der Waals surface area contributed by atoms with E-state index in [4.69, 9.17) is 4.74 Å². The van der Waals surface area contributed by atoms with E-state index in [1.54, 1.807) is 4.90 Å². The third-order valence-electron chi connectivity index (χ3n) is 3.66. The quantitative estimate of drug-likeness (QED) is 0.923. The van der Waals surface area contributed by atoms with Gasteiger partial charge in [-0.2, -0.15) is 0 Å². The van der Waals surface area contributed by atoms with Crippen LogP contribution in [0.5, 0.6) is 0 Å². The molecule has 122 valence electrons. The van der Waals surface area contributed by atoms with Crippen LogP contribution in [-0.2, 0) is 4.74 Å². The van der Waals surface area contributed by atoms with Crippen molar-refractivity contribution in [1.29, 1.82) is 0 Å². The number of ether oxygens (including phenoxy) is 1. The van der Waals surface area contributed by atoms with Crippen LogP contribution in [0.4, 0.5) is 10.7 Å². The summed E-state index contributed by atoms with van der Waals surface area (Å²) >= 11 is 0. The van der Waals surface area contributed by atoms with E-state index in [2.05, 4.69) is 15.3 Å². The average molecular weight is 314 g/mol. The number of hydrogen-bond acceptors (Lipinski definition) is 5. The van der Waals surface area contributed by atoms with Crippen molar-refractivity contribution in [2.24, 2.45) is 0 Å². The summed E-state index contributed by atoms with van der Waals surface area (Å²) in [5.41, 5.74) is 0.441. The van der Waals surface area contributed by atoms with Gasteiger partial charge in [-0.15, -0.1) is 0 Å².